The van der Waals surface area contributed by atoms with Crippen molar-refractivity contribution in [2.75, 3.05) is 19.7 Å². The molecule has 0 bridgehead atoms. The second-order valence-electron chi connectivity index (χ2n) is 7.23. The average Bonchev–Trinajstić information content (AvgIpc) is 2.61. The summed E-state index contributed by atoms with van der Waals surface area (Å²) in [6, 6.07) is 1.74. The number of amides is 2. The molecule has 0 spiro atoms. The van der Waals surface area contributed by atoms with Crippen molar-refractivity contribution in [1.29, 1.82) is 0 Å². The van der Waals surface area contributed by atoms with Gasteiger partial charge in [0.25, 0.3) is 11.8 Å². The number of carbonyl (C=O) groups is 2. The number of hydrogen-bond acceptors (Lipinski definition) is 3. The van der Waals surface area contributed by atoms with Gasteiger partial charge in [-0.15, -0.1) is 0 Å². The van der Waals surface area contributed by atoms with Crippen molar-refractivity contribution in [1.82, 2.24) is 4.90 Å². The van der Waals surface area contributed by atoms with Gasteiger partial charge in [-0.05, 0) is 43.5 Å². The van der Waals surface area contributed by atoms with Crippen LogP contribution in [0, 0.1) is 5.92 Å². The Kier molecular flexibility index (Phi) is 5.75. The minimum Gasteiger partial charge on any atom is -0.396 e. The molecule has 1 aromatic rings. The number of fused-ring (bicyclic) bond motifs is 1. The highest BCUT2D eigenvalue weighted by atomic mass is 35.5. The topological polar surface area (TPSA) is 70.0 Å². The molecule has 5 nitrogen and oxygen atoms in total. The molecule has 3 rings (SSSR count). The number of aliphatic hydroxyl groups excluding tert-OH is 1. The number of carbonyl (C=O) groups excluding carboxylic acids is 2. The quantitative estimate of drug-likeness (QED) is 0.826. The summed E-state index contributed by atoms with van der Waals surface area (Å²) in [5, 5.41) is 10.3. The molecular weight excluding hydrogens is 387 g/mol. The molecule has 2 unspecified atom stereocenters. The Morgan fingerprint density at radius 2 is 2.04 bits per heavy atom. The van der Waals surface area contributed by atoms with Gasteiger partial charge in [0.1, 0.15) is 0 Å². The van der Waals surface area contributed by atoms with Crippen LogP contribution in [0.3, 0.4) is 0 Å². The number of allylic oxidation sites excluding steroid dienone is 1. The van der Waals surface area contributed by atoms with Crippen LogP contribution >= 0.6 is 23.2 Å². The van der Waals surface area contributed by atoms with Gasteiger partial charge in [0.2, 0.25) is 0 Å². The van der Waals surface area contributed by atoms with E-state index in [9.17, 15) is 14.7 Å². The smallest absolute Gasteiger partial charge is 0.255 e. The highest BCUT2D eigenvalue weighted by Gasteiger charge is 2.34. The van der Waals surface area contributed by atoms with Crippen molar-refractivity contribution in [3.8, 4) is 0 Å². The average molecular weight is 409 g/mol. The fraction of sp³-hybridized carbons (Fsp3) is 0.450. The third-order valence-corrected chi connectivity index (χ3v) is 6.00. The van der Waals surface area contributed by atoms with Crippen molar-refractivity contribution in [2.24, 2.45) is 10.9 Å². The largest absolute Gasteiger partial charge is 0.396 e. The van der Waals surface area contributed by atoms with E-state index in [0.29, 0.717) is 39.8 Å². The van der Waals surface area contributed by atoms with Gasteiger partial charge in [-0.2, -0.15) is 0 Å². The van der Waals surface area contributed by atoms with Crippen molar-refractivity contribution in [3.63, 3.8) is 0 Å². The highest BCUT2D eigenvalue weighted by molar-refractivity contribution is 6.37. The normalized spacial score (nSPS) is 21.0. The fourth-order valence-corrected chi connectivity index (χ4v) is 4.38. The van der Waals surface area contributed by atoms with Crippen LogP contribution in [0.2, 0.25) is 10.0 Å². The van der Waals surface area contributed by atoms with E-state index in [1.807, 2.05) is 19.9 Å². The molecule has 2 amide bonds. The zero-order valence-electron chi connectivity index (χ0n) is 15.6. The van der Waals surface area contributed by atoms with Gasteiger partial charge in [0.15, 0.2) is 0 Å². The Morgan fingerprint density at radius 1 is 1.33 bits per heavy atom. The number of benzene rings is 1. The minimum atomic E-state index is -0.437. The molecule has 0 radical (unpaired) electrons. The van der Waals surface area contributed by atoms with Crippen LogP contribution < -0.4 is 0 Å². The molecule has 27 heavy (non-hydrogen) atoms. The van der Waals surface area contributed by atoms with Gasteiger partial charge in [-0.3, -0.25) is 9.59 Å². The number of hydrogen-bond donors (Lipinski definition) is 1. The van der Waals surface area contributed by atoms with Crippen LogP contribution in [0.1, 0.15) is 48.2 Å². The third-order valence-electron chi connectivity index (χ3n) is 5.26. The van der Waals surface area contributed by atoms with E-state index < -0.39 is 5.92 Å². The highest BCUT2D eigenvalue weighted by Crippen LogP contribution is 2.38. The van der Waals surface area contributed by atoms with Gasteiger partial charge in [0.05, 0.1) is 16.5 Å². The van der Waals surface area contributed by atoms with Crippen LogP contribution in [0.5, 0.6) is 0 Å². The summed E-state index contributed by atoms with van der Waals surface area (Å²) >= 11 is 12.9. The lowest BCUT2D eigenvalue weighted by molar-refractivity contribution is -0.120. The molecule has 1 aromatic carbocycles. The number of dihydropyridines is 1. The van der Waals surface area contributed by atoms with Crippen molar-refractivity contribution in [2.45, 2.75) is 33.1 Å². The monoisotopic (exact) mass is 408 g/mol. The number of nitrogens with zero attached hydrogens (tertiary/aromatic N) is 2. The predicted molar refractivity (Wildman–Crippen MR) is 107 cm³/mol. The van der Waals surface area contributed by atoms with Gasteiger partial charge < -0.3 is 10.0 Å². The van der Waals surface area contributed by atoms with Crippen LogP contribution in [0.4, 0.5) is 0 Å². The van der Waals surface area contributed by atoms with Crippen molar-refractivity contribution >= 4 is 40.7 Å². The Bertz CT molecular complexity index is 876. The molecule has 0 saturated carbocycles. The zero-order chi connectivity index (χ0) is 19.9. The number of halogens is 2. The minimum absolute atomic E-state index is 0.0926. The van der Waals surface area contributed by atoms with Gasteiger partial charge in [-0.25, -0.2) is 4.99 Å². The van der Waals surface area contributed by atoms with Gasteiger partial charge in [0, 0.05) is 36.3 Å². The van der Waals surface area contributed by atoms with Crippen molar-refractivity contribution in [3.05, 3.63) is 44.5 Å². The molecule has 0 fully saturated rings. The number of rotatable bonds is 4. The summed E-state index contributed by atoms with van der Waals surface area (Å²) in [7, 11) is 0. The molecule has 2 aliphatic rings. The summed E-state index contributed by atoms with van der Waals surface area (Å²) in [5.41, 5.74) is 3.35. The second-order valence-corrected chi connectivity index (χ2v) is 8.02. The number of aliphatic imine (C=N–C) groups is 1. The maximum absolute atomic E-state index is 13.2. The predicted octanol–water partition coefficient (Wildman–Crippen LogP) is 3.65. The van der Waals surface area contributed by atoms with E-state index in [2.05, 4.69) is 4.99 Å². The van der Waals surface area contributed by atoms with E-state index in [-0.39, 0.29) is 30.9 Å². The summed E-state index contributed by atoms with van der Waals surface area (Å²) in [5.74, 6) is -1.13. The van der Waals surface area contributed by atoms with E-state index in [1.54, 1.807) is 17.9 Å². The molecule has 2 heterocycles. The molecule has 7 heteroatoms. The SMILES string of the molecule is CC1=CC(C)=NC(=O)C1CN1CCc2c(Cl)cc(C(C)CO)c(Cl)c2C1=O. The standard InChI is InChI=1S/C20H22Cl2N2O3/c1-10-6-12(3)23-19(26)15(10)8-24-5-4-13-16(21)7-14(11(2)9-25)18(22)17(13)20(24)27/h6-7,11,15,25H,4-5,8-9H2,1-3H3. The molecule has 144 valence electrons. The Labute approximate surface area is 168 Å². The number of aliphatic hydroxyl groups is 1. The van der Waals surface area contributed by atoms with Crippen LogP contribution in [-0.2, 0) is 11.2 Å². The maximum Gasteiger partial charge on any atom is 0.255 e. The molecule has 0 aliphatic carbocycles. The van der Waals surface area contributed by atoms with E-state index in [0.717, 1.165) is 11.1 Å². The molecule has 2 atom stereocenters. The first-order valence-electron chi connectivity index (χ1n) is 8.92. The van der Waals surface area contributed by atoms with Crippen LogP contribution in [0.25, 0.3) is 0 Å². The molecule has 0 saturated heterocycles. The summed E-state index contributed by atoms with van der Waals surface area (Å²) in [4.78, 5) is 31.1. The van der Waals surface area contributed by atoms with Crippen LogP contribution in [-0.4, -0.2) is 47.2 Å². The lowest BCUT2D eigenvalue weighted by Crippen LogP contribution is -2.43. The summed E-state index contributed by atoms with van der Waals surface area (Å²) < 4.78 is 0. The zero-order valence-corrected chi connectivity index (χ0v) is 17.1. The lowest BCUT2D eigenvalue weighted by atomic mass is 9.90. The molecule has 1 N–H and O–H groups in total. The lowest BCUT2D eigenvalue weighted by Gasteiger charge is -2.33. The Morgan fingerprint density at radius 3 is 2.67 bits per heavy atom. The fourth-order valence-electron chi connectivity index (χ4n) is 3.64. The van der Waals surface area contributed by atoms with Crippen molar-refractivity contribution < 1.29 is 14.7 Å². The third kappa shape index (κ3) is 3.68. The first-order valence-corrected chi connectivity index (χ1v) is 9.68. The molecule has 0 aromatic heterocycles. The van der Waals surface area contributed by atoms with E-state index in [4.69, 9.17) is 23.2 Å². The second kappa shape index (κ2) is 7.74. The van der Waals surface area contributed by atoms with Gasteiger partial charge in [-0.1, -0.05) is 35.7 Å². The molecule has 2 aliphatic heterocycles. The first-order chi connectivity index (χ1) is 12.7. The van der Waals surface area contributed by atoms with Gasteiger partial charge >= 0.3 is 0 Å². The Hall–Kier alpha value is -1.69. The van der Waals surface area contributed by atoms with E-state index >= 15 is 0 Å². The summed E-state index contributed by atoms with van der Waals surface area (Å²) in [6.07, 6.45) is 2.44. The maximum atomic E-state index is 13.2. The Balaban J connectivity index is 1.93. The first kappa shape index (κ1) is 20.1. The van der Waals surface area contributed by atoms with Crippen LogP contribution in [0.15, 0.2) is 22.7 Å². The molecular formula is C20H22Cl2N2O3. The summed E-state index contributed by atoms with van der Waals surface area (Å²) in [6.45, 7) is 6.13. The van der Waals surface area contributed by atoms with E-state index in [1.165, 1.54) is 0 Å².